The molecule has 6 nitrogen and oxygen atoms in total. The molecule has 0 aliphatic rings. The summed E-state index contributed by atoms with van der Waals surface area (Å²) in [7, 11) is 2.09. The number of nitriles is 1. The van der Waals surface area contributed by atoms with Crippen LogP contribution in [0.25, 0.3) is 0 Å². The molecule has 1 aromatic rings. The van der Waals surface area contributed by atoms with Crippen LogP contribution in [-0.4, -0.2) is 48.3 Å². The molecule has 1 rings (SSSR count). The van der Waals surface area contributed by atoms with Crippen LogP contribution in [0.5, 0.6) is 0 Å². The van der Waals surface area contributed by atoms with E-state index >= 15 is 0 Å². The number of rotatable bonds is 9. The van der Waals surface area contributed by atoms with Crippen molar-refractivity contribution in [3.05, 3.63) is 16.1 Å². The molecule has 1 aromatic heterocycles. The molecule has 0 saturated carbocycles. The van der Waals surface area contributed by atoms with Gasteiger partial charge in [0, 0.05) is 23.4 Å². The van der Waals surface area contributed by atoms with Gasteiger partial charge in [0.15, 0.2) is 6.19 Å². The number of hydrogen-bond acceptors (Lipinski definition) is 6. The molecule has 0 bridgehead atoms. The van der Waals surface area contributed by atoms with E-state index in [9.17, 15) is 0 Å². The van der Waals surface area contributed by atoms with Crippen molar-refractivity contribution in [3.63, 3.8) is 0 Å². The van der Waals surface area contributed by atoms with E-state index in [0.717, 1.165) is 35.3 Å². The first-order valence-corrected chi connectivity index (χ1v) is 9.29. The van der Waals surface area contributed by atoms with Crippen molar-refractivity contribution in [1.29, 1.82) is 5.26 Å². The third-order valence-electron chi connectivity index (χ3n) is 2.83. The number of thioether (sulfide) groups is 1. The van der Waals surface area contributed by atoms with E-state index in [-0.39, 0.29) is 0 Å². The molecule has 1 heterocycles. The van der Waals surface area contributed by atoms with E-state index in [4.69, 9.17) is 11.7 Å². The van der Waals surface area contributed by atoms with Gasteiger partial charge in [0.1, 0.15) is 5.01 Å². The highest BCUT2D eigenvalue weighted by molar-refractivity contribution is 7.98. The minimum absolute atomic E-state index is 0.342. The van der Waals surface area contributed by atoms with E-state index in [1.54, 1.807) is 23.1 Å². The van der Waals surface area contributed by atoms with E-state index in [1.165, 1.54) is 0 Å². The minimum atomic E-state index is 0.342. The first-order valence-electron chi connectivity index (χ1n) is 7.26. The van der Waals surface area contributed by atoms with Crippen molar-refractivity contribution >= 4 is 29.1 Å². The van der Waals surface area contributed by atoms with Gasteiger partial charge in [0.05, 0.1) is 18.8 Å². The van der Waals surface area contributed by atoms with Crippen molar-refractivity contribution in [2.24, 2.45) is 4.99 Å². The summed E-state index contributed by atoms with van der Waals surface area (Å²) < 4.78 is 0. The van der Waals surface area contributed by atoms with Crippen molar-refractivity contribution in [1.82, 2.24) is 20.5 Å². The van der Waals surface area contributed by atoms with Gasteiger partial charge in [0.2, 0.25) is 5.96 Å². The van der Waals surface area contributed by atoms with Crippen LogP contribution in [0.2, 0.25) is 0 Å². The molecule has 2 N–H and O–H groups in total. The maximum atomic E-state index is 8.62. The molecular weight excluding hydrogens is 328 g/mol. The van der Waals surface area contributed by atoms with Gasteiger partial charge in [-0.05, 0) is 13.6 Å². The maximum Gasteiger partial charge on any atom is 0.205 e. The van der Waals surface area contributed by atoms with Gasteiger partial charge in [-0.2, -0.15) is 17.0 Å². The van der Waals surface area contributed by atoms with Gasteiger partial charge >= 0.3 is 0 Å². The van der Waals surface area contributed by atoms with Crippen LogP contribution in [0.4, 0.5) is 0 Å². The number of nitrogens with one attached hydrogen (secondary N) is 2. The summed E-state index contributed by atoms with van der Waals surface area (Å²) in [6.45, 7) is 5.01. The first kappa shape index (κ1) is 19.3. The molecule has 124 valence electrons. The number of hydrogen-bond donors (Lipinski definition) is 2. The summed E-state index contributed by atoms with van der Waals surface area (Å²) >= 11 is 3.48. The third-order valence-corrected chi connectivity index (χ3v) is 4.86. The van der Waals surface area contributed by atoms with Crippen molar-refractivity contribution in [2.45, 2.75) is 19.2 Å². The van der Waals surface area contributed by atoms with Crippen LogP contribution in [0, 0.1) is 23.8 Å². The second-order valence-electron chi connectivity index (χ2n) is 4.64. The Bertz CT molecular complexity index is 569. The number of terminal acetylenes is 1. The molecular formula is C15H22N6S2. The molecule has 0 spiro atoms. The first-order chi connectivity index (χ1) is 11.2. The maximum absolute atomic E-state index is 8.62. The molecule has 0 atom stereocenters. The zero-order valence-electron chi connectivity index (χ0n) is 13.5. The number of guanidine groups is 1. The van der Waals surface area contributed by atoms with Gasteiger partial charge in [-0.15, -0.1) is 17.8 Å². The molecule has 8 heteroatoms. The lowest BCUT2D eigenvalue weighted by Crippen LogP contribution is -2.34. The quantitative estimate of drug-likeness (QED) is 0.175. The van der Waals surface area contributed by atoms with E-state index in [1.807, 2.05) is 6.19 Å². The van der Waals surface area contributed by atoms with Gasteiger partial charge in [-0.25, -0.2) is 4.98 Å². The van der Waals surface area contributed by atoms with Gasteiger partial charge in [-0.3, -0.25) is 10.3 Å². The van der Waals surface area contributed by atoms with E-state index in [0.29, 0.717) is 19.0 Å². The standard InChI is InChI=1S/C15H22N6S2/c1-4-6-17-15(19-12-16)18-7-8-22-11-14-20-13(10-23-14)9-21(3)5-2/h1,10H,5-9,11H2,2-3H3,(H2,17,18,19). The number of thiazole rings is 1. The van der Waals surface area contributed by atoms with Crippen LogP contribution in [0.3, 0.4) is 0 Å². The summed E-state index contributed by atoms with van der Waals surface area (Å²) in [5, 5.41) is 17.2. The Balaban J connectivity index is 2.28. The predicted octanol–water partition coefficient (Wildman–Crippen LogP) is 1.48. The Kier molecular flexibility index (Phi) is 9.89. The predicted molar refractivity (Wildman–Crippen MR) is 98.2 cm³/mol. The van der Waals surface area contributed by atoms with Crippen molar-refractivity contribution in [2.75, 3.05) is 32.4 Å². The number of aromatic nitrogens is 1. The van der Waals surface area contributed by atoms with Crippen LogP contribution in [0.1, 0.15) is 17.6 Å². The summed E-state index contributed by atoms with van der Waals surface area (Å²) in [6.07, 6.45) is 7.00. The van der Waals surface area contributed by atoms with Gasteiger partial charge in [0.25, 0.3) is 0 Å². The summed E-state index contributed by atoms with van der Waals surface area (Å²) in [5.41, 5.74) is 1.13. The van der Waals surface area contributed by atoms with E-state index in [2.05, 4.69) is 50.8 Å². The Labute approximate surface area is 146 Å². The average Bonchev–Trinajstić information content (AvgIpc) is 2.99. The molecule has 0 saturated heterocycles. The topological polar surface area (TPSA) is 76.3 Å². The zero-order valence-corrected chi connectivity index (χ0v) is 15.1. The Morgan fingerprint density at radius 1 is 1.61 bits per heavy atom. The van der Waals surface area contributed by atoms with Crippen molar-refractivity contribution < 1.29 is 0 Å². The fraction of sp³-hybridized carbons (Fsp3) is 0.533. The highest BCUT2D eigenvalue weighted by Crippen LogP contribution is 2.17. The highest BCUT2D eigenvalue weighted by atomic mass is 32.2. The molecule has 0 amide bonds. The Hall–Kier alpha value is -1.74. The monoisotopic (exact) mass is 350 g/mol. The summed E-state index contributed by atoms with van der Waals surface area (Å²) in [6, 6.07) is 0. The Morgan fingerprint density at radius 3 is 3.13 bits per heavy atom. The van der Waals surface area contributed by atoms with Crippen LogP contribution in [0.15, 0.2) is 10.4 Å². The summed E-state index contributed by atoms with van der Waals surface area (Å²) in [4.78, 5) is 11.1. The molecule has 0 fully saturated rings. The van der Waals surface area contributed by atoms with Gasteiger partial charge < -0.3 is 10.2 Å². The number of nitrogens with zero attached hydrogens (tertiary/aromatic N) is 4. The largest absolute Gasteiger partial charge is 0.345 e. The third kappa shape index (κ3) is 8.46. The SMILES string of the molecule is C#CCNC(=NCCSCc1nc(CN(C)CC)cs1)NC#N. The van der Waals surface area contributed by atoms with Gasteiger partial charge in [-0.1, -0.05) is 12.8 Å². The molecule has 0 aromatic carbocycles. The van der Waals surface area contributed by atoms with Crippen LogP contribution < -0.4 is 10.6 Å². The second kappa shape index (κ2) is 11.8. The van der Waals surface area contributed by atoms with Crippen LogP contribution >= 0.6 is 23.1 Å². The number of aliphatic imine (C=N–C) groups is 1. The van der Waals surface area contributed by atoms with E-state index < -0.39 is 0 Å². The lowest BCUT2D eigenvalue weighted by Gasteiger charge is -2.10. The molecule has 23 heavy (non-hydrogen) atoms. The second-order valence-corrected chi connectivity index (χ2v) is 6.69. The zero-order chi connectivity index (χ0) is 16.9. The highest BCUT2D eigenvalue weighted by Gasteiger charge is 2.04. The lowest BCUT2D eigenvalue weighted by atomic mass is 10.4. The lowest BCUT2D eigenvalue weighted by molar-refractivity contribution is 0.342. The van der Waals surface area contributed by atoms with Crippen LogP contribution in [-0.2, 0) is 12.3 Å². The smallest absolute Gasteiger partial charge is 0.205 e. The Morgan fingerprint density at radius 2 is 2.43 bits per heavy atom. The average molecular weight is 351 g/mol. The molecule has 0 unspecified atom stereocenters. The fourth-order valence-corrected chi connectivity index (χ4v) is 3.28. The molecule has 0 radical (unpaired) electrons. The molecule has 0 aliphatic carbocycles. The molecule has 0 aliphatic heterocycles. The fourth-order valence-electron chi connectivity index (χ4n) is 1.58. The summed E-state index contributed by atoms with van der Waals surface area (Å²) in [5.74, 6) is 4.61. The normalized spacial score (nSPS) is 11.1. The minimum Gasteiger partial charge on any atom is -0.345 e. The van der Waals surface area contributed by atoms with Crippen molar-refractivity contribution in [3.8, 4) is 18.5 Å².